The zero-order chi connectivity index (χ0) is 13.7. The van der Waals surface area contributed by atoms with E-state index in [-0.39, 0.29) is 11.9 Å². The van der Waals surface area contributed by atoms with E-state index in [2.05, 4.69) is 22.0 Å². The van der Waals surface area contributed by atoms with Crippen LogP contribution < -0.4 is 10.5 Å². The van der Waals surface area contributed by atoms with Crippen LogP contribution in [0, 0.1) is 5.92 Å². The molecule has 0 aromatic carbocycles. The molecule has 2 atom stereocenters. The maximum absolute atomic E-state index is 8.76. The van der Waals surface area contributed by atoms with E-state index in [0.29, 0.717) is 17.5 Å². The van der Waals surface area contributed by atoms with E-state index in [1.165, 1.54) is 25.5 Å². The molecular weight excluding hydrogens is 244 g/mol. The van der Waals surface area contributed by atoms with Crippen LogP contribution in [0.25, 0.3) is 0 Å². The summed E-state index contributed by atoms with van der Waals surface area (Å²) in [5, 5.41) is 11.7. The number of hydrogen-bond acceptors (Lipinski definition) is 5. The minimum atomic E-state index is -0.0769. The molecule has 0 saturated heterocycles. The Labute approximate surface area is 112 Å². The Morgan fingerprint density at radius 1 is 1.42 bits per heavy atom. The predicted molar refractivity (Wildman–Crippen MR) is 71.2 cm³/mol. The van der Waals surface area contributed by atoms with Crippen molar-refractivity contribution in [1.82, 2.24) is 9.97 Å². The first-order valence-electron chi connectivity index (χ1n) is 6.71. The van der Waals surface area contributed by atoms with Gasteiger partial charge in [-0.25, -0.2) is 9.97 Å². The van der Waals surface area contributed by atoms with Gasteiger partial charge in [0.05, 0.1) is 0 Å². The second-order valence-corrected chi connectivity index (χ2v) is 4.80. The van der Waals surface area contributed by atoms with Crippen LogP contribution in [-0.4, -0.2) is 27.1 Å². The van der Waals surface area contributed by atoms with Crippen molar-refractivity contribution in [2.24, 2.45) is 16.8 Å². The van der Waals surface area contributed by atoms with Gasteiger partial charge in [-0.15, -0.1) is 0 Å². The molecule has 0 aliphatic heterocycles. The summed E-state index contributed by atoms with van der Waals surface area (Å²) in [7, 11) is 0. The largest absolute Gasteiger partial charge is 0.472 e. The van der Waals surface area contributed by atoms with Crippen LogP contribution in [0.1, 0.15) is 44.7 Å². The standard InChI is InChI=1S/C13H20N4O2/c1-2-9-5-3-4-6-10(9)19-13-11(12(14)17-18)15-7-8-16-13/h7-10,18H,2-6H2,1H3,(H2,14,17). The number of aromatic nitrogens is 2. The lowest BCUT2D eigenvalue weighted by atomic mass is 9.85. The first-order chi connectivity index (χ1) is 9.26. The van der Waals surface area contributed by atoms with Crippen molar-refractivity contribution in [3.05, 3.63) is 18.1 Å². The Bertz CT molecular complexity index is 450. The zero-order valence-corrected chi connectivity index (χ0v) is 11.1. The van der Waals surface area contributed by atoms with E-state index in [4.69, 9.17) is 15.7 Å². The van der Waals surface area contributed by atoms with Crippen LogP contribution >= 0.6 is 0 Å². The maximum Gasteiger partial charge on any atom is 0.244 e. The molecule has 6 heteroatoms. The second kappa shape index (κ2) is 6.36. The Balaban J connectivity index is 2.18. The van der Waals surface area contributed by atoms with E-state index in [1.807, 2.05) is 0 Å². The van der Waals surface area contributed by atoms with E-state index in [0.717, 1.165) is 12.8 Å². The molecule has 1 aromatic rings. The number of amidine groups is 1. The van der Waals surface area contributed by atoms with Gasteiger partial charge >= 0.3 is 0 Å². The summed E-state index contributed by atoms with van der Waals surface area (Å²) >= 11 is 0. The lowest BCUT2D eigenvalue weighted by Crippen LogP contribution is -2.31. The van der Waals surface area contributed by atoms with Gasteiger partial charge in [-0.05, 0) is 31.6 Å². The fourth-order valence-electron chi connectivity index (χ4n) is 2.57. The van der Waals surface area contributed by atoms with Crippen LogP contribution in [0.5, 0.6) is 5.88 Å². The van der Waals surface area contributed by atoms with Crippen molar-refractivity contribution in [1.29, 1.82) is 0 Å². The molecule has 0 amide bonds. The van der Waals surface area contributed by atoms with Crippen LogP contribution in [0.15, 0.2) is 17.5 Å². The van der Waals surface area contributed by atoms with Gasteiger partial charge in [-0.1, -0.05) is 18.5 Å². The van der Waals surface area contributed by atoms with Crippen LogP contribution in [-0.2, 0) is 0 Å². The first kappa shape index (κ1) is 13.6. The lowest BCUT2D eigenvalue weighted by molar-refractivity contribution is 0.0851. The van der Waals surface area contributed by atoms with Crippen molar-refractivity contribution < 1.29 is 9.94 Å². The topological polar surface area (TPSA) is 93.6 Å². The minimum Gasteiger partial charge on any atom is -0.472 e. The summed E-state index contributed by atoms with van der Waals surface area (Å²) in [5.41, 5.74) is 5.88. The van der Waals surface area contributed by atoms with Crippen molar-refractivity contribution in [2.45, 2.75) is 45.1 Å². The Hall–Kier alpha value is -1.85. The van der Waals surface area contributed by atoms with Gasteiger partial charge in [0.25, 0.3) is 0 Å². The summed E-state index contributed by atoms with van der Waals surface area (Å²) in [6.45, 7) is 2.17. The second-order valence-electron chi connectivity index (χ2n) is 4.80. The molecule has 0 bridgehead atoms. The lowest BCUT2D eigenvalue weighted by Gasteiger charge is -2.31. The van der Waals surface area contributed by atoms with Gasteiger partial charge in [0.2, 0.25) is 5.88 Å². The summed E-state index contributed by atoms with van der Waals surface area (Å²) < 4.78 is 5.97. The van der Waals surface area contributed by atoms with Gasteiger partial charge in [0, 0.05) is 12.4 Å². The Morgan fingerprint density at radius 2 is 2.16 bits per heavy atom. The summed E-state index contributed by atoms with van der Waals surface area (Å²) in [6.07, 6.45) is 8.90. The SMILES string of the molecule is CCC1CCCCC1Oc1nccnc1C(N)=NO. The average molecular weight is 264 g/mol. The molecule has 1 fully saturated rings. The van der Waals surface area contributed by atoms with E-state index < -0.39 is 0 Å². The summed E-state index contributed by atoms with van der Waals surface area (Å²) in [6, 6.07) is 0. The Morgan fingerprint density at radius 3 is 2.89 bits per heavy atom. The van der Waals surface area contributed by atoms with Crippen LogP contribution in [0.4, 0.5) is 0 Å². The van der Waals surface area contributed by atoms with Gasteiger partial charge in [-0.2, -0.15) is 0 Å². The maximum atomic E-state index is 8.76. The molecule has 6 nitrogen and oxygen atoms in total. The smallest absolute Gasteiger partial charge is 0.244 e. The summed E-state index contributed by atoms with van der Waals surface area (Å²) in [5.74, 6) is 0.811. The fraction of sp³-hybridized carbons (Fsp3) is 0.615. The summed E-state index contributed by atoms with van der Waals surface area (Å²) in [4.78, 5) is 8.22. The molecule has 1 aliphatic carbocycles. The van der Waals surface area contributed by atoms with E-state index in [9.17, 15) is 0 Å². The van der Waals surface area contributed by atoms with E-state index in [1.54, 1.807) is 6.20 Å². The molecule has 0 radical (unpaired) electrons. The molecule has 1 saturated carbocycles. The van der Waals surface area contributed by atoms with Crippen LogP contribution in [0.3, 0.4) is 0 Å². The molecule has 1 aliphatic rings. The van der Waals surface area contributed by atoms with Gasteiger partial charge in [-0.3, -0.25) is 0 Å². The Kier molecular flexibility index (Phi) is 4.54. The number of hydrogen-bond donors (Lipinski definition) is 2. The van der Waals surface area contributed by atoms with E-state index >= 15 is 0 Å². The molecular formula is C13H20N4O2. The normalized spacial score (nSPS) is 24.2. The highest BCUT2D eigenvalue weighted by molar-refractivity contribution is 5.97. The van der Waals surface area contributed by atoms with Crippen molar-refractivity contribution in [3.63, 3.8) is 0 Å². The van der Waals surface area contributed by atoms with Crippen molar-refractivity contribution in [3.8, 4) is 5.88 Å². The third-order valence-corrected chi connectivity index (χ3v) is 3.64. The molecule has 1 aromatic heterocycles. The third-order valence-electron chi connectivity index (χ3n) is 3.64. The molecule has 104 valence electrons. The number of nitrogens with zero attached hydrogens (tertiary/aromatic N) is 3. The number of nitrogens with two attached hydrogens (primary N) is 1. The number of oxime groups is 1. The highest BCUT2D eigenvalue weighted by atomic mass is 16.5. The number of rotatable bonds is 4. The van der Waals surface area contributed by atoms with Crippen molar-refractivity contribution in [2.75, 3.05) is 0 Å². The van der Waals surface area contributed by atoms with Gasteiger partial charge < -0.3 is 15.7 Å². The first-order valence-corrected chi connectivity index (χ1v) is 6.71. The minimum absolute atomic E-state index is 0.0769. The molecule has 0 spiro atoms. The molecule has 2 unspecified atom stereocenters. The average Bonchev–Trinajstić information content (AvgIpc) is 2.47. The quantitative estimate of drug-likeness (QED) is 0.375. The molecule has 1 heterocycles. The molecule has 19 heavy (non-hydrogen) atoms. The fourth-order valence-corrected chi connectivity index (χ4v) is 2.57. The highest BCUT2D eigenvalue weighted by Gasteiger charge is 2.27. The number of ether oxygens (including phenoxy) is 1. The highest BCUT2D eigenvalue weighted by Crippen LogP contribution is 2.30. The van der Waals surface area contributed by atoms with Crippen LogP contribution in [0.2, 0.25) is 0 Å². The van der Waals surface area contributed by atoms with Gasteiger partial charge in [0.1, 0.15) is 6.10 Å². The van der Waals surface area contributed by atoms with Crippen molar-refractivity contribution >= 4 is 5.84 Å². The zero-order valence-electron chi connectivity index (χ0n) is 11.1. The predicted octanol–water partition coefficient (Wildman–Crippen LogP) is 1.92. The third kappa shape index (κ3) is 3.13. The van der Waals surface area contributed by atoms with Gasteiger partial charge in [0.15, 0.2) is 11.5 Å². The monoisotopic (exact) mass is 264 g/mol. The molecule has 3 N–H and O–H groups in total. The molecule has 2 rings (SSSR count).